The highest BCUT2D eigenvalue weighted by Gasteiger charge is 2.22. The molecule has 1 fully saturated rings. The summed E-state index contributed by atoms with van der Waals surface area (Å²) in [5, 5.41) is 17.4. The molecule has 1 aliphatic heterocycles. The van der Waals surface area contributed by atoms with E-state index >= 15 is 0 Å². The lowest BCUT2D eigenvalue weighted by molar-refractivity contribution is 0.183. The molecule has 0 radical (unpaired) electrons. The fourth-order valence-corrected chi connectivity index (χ4v) is 3.65. The SMILES string of the molecule is CCCCCCCCNC(=O)N1CCC(Nc2ccc(OCCNC(=O)O)cc2)CC1. The number of hydrogen-bond donors (Lipinski definition) is 4. The normalized spacial score (nSPS) is 14.2. The van der Waals surface area contributed by atoms with Crippen molar-refractivity contribution in [2.75, 3.05) is 38.1 Å². The van der Waals surface area contributed by atoms with E-state index in [1.165, 1.54) is 32.1 Å². The average Bonchev–Trinajstić information content (AvgIpc) is 2.77. The highest BCUT2D eigenvalue weighted by atomic mass is 16.5. The lowest BCUT2D eigenvalue weighted by atomic mass is 10.0. The van der Waals surface area contributed by atoms with Gasteiger partial charge in [0.2, 0.25) is 0 Å². The van der Waals surface area contributed by atoms with Crippen LogP contribution >= 0.6 is 0 Å². The fourth-order valence-electron chi connectivity index (χ4n) is 3.65. The lowest BCUT2D eigenvalue weighted by Gasteiger charge is -2.33. The van der Waals surface area contributed by atoms with Gasteiger partial charge in [0, 0.05) is 31.4 Å². The number of ether oxygens (including phenoxy) is 1. The van der Waals surface area contributed by atoms with Gasteiger partial charge >= 0.3 is 12.1 Å². The third-order valence-electron chi connectivity index (χ3n) is 5.46. The number of unbranched alkanes of at least 4 members (excludes halogenated alkanes) is 5. The zero-order valence-corrected chi connectivity index (χ0v) is 18.7. The van der Waals surface area contributed by atoms with Crippen LogP contribution in [0.15, 0.2) is 24.3 Å². The maximum Gasteiger partial charge on any atom is 0.404 e. The van der Waals surface area contributed by atoms with Gasteiger partial charge < -0.3 is 30.7 Å². The molecule has 0 saturated carbocycles. The molecule has 31 heavy (non-hydrogen) atoms. The first-order chi connectivity index (χ1) is 15.1. The number of carboxylic acid groups (broad SMARTS) is 1. The summed E-state index contributed by atoms with van der Waals surface area (Å²) in [4.78, 5) is 24.6. The summed E-state index contributed by atoms with van der Waals surface area (Å²) in [6.07, 6.45) is 8.16. The summed E-state index contributed by atoms with van der Waals surface area (Å²) in [5.41, 5.74) is 1.02. The van der Waals surface area contributed by atoms with Crippen LogP contribution in [0.4, 0.5) is 15.3 Å². The molecule has 1 aromatic carbocycles. The number of anilines is 1. The van der Waals surface area contributed by atoms with Crippen LogP contribution in [-0.2, 0) is 0 Å². The molecular weight excluding hydrogens is 396 g/mol. The molecule has 174 valence electrons. The van der Waals surface area contributed by atoms with Crippen molar-refractivity contribution in [2.24, 2.45) is 0 Å². The molecule has 3 amide bonds. The van der Waals surface area contributed by atoms with Gasteiger partial charge in [0.05, 0.1) is 6.54 Å². The number of urea groups is 1. The topological polar surface area (TPSA) is 103 Å². The zero-order chi connectivity index (χ0) is 22.3. The number of rotatable bonds is 13. The third kappa shape index (κ3) is 10.3. The molecule has 8 heteroatoms. The number of piperidine rings is 1. The fraction of sp³-hybridized carbons (Fsp3) is 0.652. The van der Waals surface area contributed by atoms with E-state index in [1.54, 1.807) is 0 Å². The van der Waals surface area contributed by atoms with E-state index in [0.717, 1.165) is 44.6 Å². The highest BCUT2D eigenvalue weighted by Crippen LogP contribution is 2.20. The first kappa shape index (κ1) is 24.6. The van der Waals surface area contributed by atoms with Crippen molar-refractivity contribution in [1.29, 1.82) is 0 Å². The minimum atomic E-state index is -1.05. The van der Waals surface area contributed by atoms with Gasteiger partial charge in [0.1, 0.15) is 12.4 Å². The smallest absolute Gasteiger partial charge is 0.404 e. The van der Waals surface area contributed by atoms with E-state index < -0.39 is 6.09 Å². The van der Waals surface area contributed by atoms with E-state index in [9.17, 15) is 9.59 Å². The Labute approximate surface area is 185 Å². The standard InChI is InChI=1S/C23H38N4O4/c1-2-3-4-5-6-7-14-24-22(28)27-16-12-20(13-17-27)26-19-8-10-21(11-9-19)31-18-15-25-23(29)30/h8-11,20,25-26H,2-7,12-18H2,1H3,(H,24,28)(H,29,30). The first-order valence-corrected chi connectivity index (χ1v) is 11.6. The summed E-state index contributed by atoms with van der Waals surface area (Å²) in [5.74, 6) is 0.703. The van der Waals surface area contributed by atoms with Gasteiger partial charge in [-0.05, 0) is 43.5 Å². The van der Waals surface area contributed by atoms with Crippen LogP contribution in [0.5, 0.6) is 5.75 Å². The summed E-state index contributed by atoms with van der Waals surface area (Å²) in [6, 6.07) is 8.06. The number of amides is 3. The molecular formula is C23H38N4O4. The molecule has 1 aliphatic rings. The molecule has 0 unspecified atom stereocenters. The van der Waals surface area contributed by atoms with E-state index in [-0.39, 0.29) is 12.6 Å². The van der Waals surface area contributed by atoms with Crippen molar-refractivity contribution in [3.63, 3.8) is 0 Å². The predicted octanol–water partition coefficient (Wildman–Crippen LogP) is 4.28. The number of likely N-dealkylation sites (tertiary alicyclic amines) is 1. The van der Waals surface area contributed by atoms with Gasteiger partial charge in [-0.1, -0.05) is 39.0 Å². The van der Waals surface area contributed by atoms with Gasteiger partial charge in [-0.2, -0.15) is 0 Å². The number of benzene rings is 1. The lowest BCUT2D eigenvalue weighted by Crippen LogP contribution is -2.47. The third-order valence-corrected chi connectivity index (χ3v) is 5.46. The summed E-state index contributed by atoms with van der Waals surface area (Å²) >= 11 is 0. The molecule has 1 heterocycles. The maximum absolute atomic E-state index is 12.3. The van der Waals surface area contributed by atoms with Crippen LogP contribution in [0.25, 0.3) is 0 Å². The quantitative estimate of drug-likeness (QED) is 0.347. The van der Waals surface area contributed by atoms with Crippen molar-refractivity contribution in [3.8, 4) is 5.75 Å². The van der Waals surface area contributed by atoms with E-state index in [1.807, 2.05) is 29.2 Å². The summed E-state index contributed by atoms with van der Waals surface area (Å²) < 4.78 is 5.50. The second kappa shape index (κ2) is 14.4. The highest BCUT2D eigenvalue weighted by molar-refractivity contribution is 5.74. The maximum atomic E-state index is 12.3. The Morgan fingerprint density at radius 1 is 1.00 bits per heavy atom. The molecule has 4 N–H and O–H groups in total. The number of carbonyl (C=O) groups is 2. The second-order valence-electron chi connectivity index (χ2n) is 8.01. The van der Waals surface area contributed by atoms with E-state index in [2.05, 4.69) is 22.9 Å². The van der Waals surface area contributed by atoms with Crippen LogP contribution in [0, 0.1) is 0 Å². The molecule has 1 saturated heterocycles. The molecule has 0 spiro atoms. The van der Waals surface area contributed by atoms with Crippen molar-refractivity contribution in [2.45, 2.75) is 64.3 Å². The molecule has 0 aromatic heterocycles. The van der Waals surface area contributed by atoms with E-state index in [4.69, 9.17) is 9.84 Å². The first-order valence-electron chi connectivity index (χ1n) is 11.6. The van der Waals surface area contributed by atoms with Gasteiger partial charge in [-0.25, -0.2) is 9.59 Å². The van der Waals surface area contributed by atoms with Crippen LogP contribution in [0.3, 0.4) is 0 Å². The molecule has 0 bridgehead atoms. The monoisotopic (exact) mass is 434 g/mol. The average molecular weight is 435 g/mol. The minimum absolute atomic E-state index is 0.0610. The van der Waals surface area contributed by atoms with Crippen molar-refractivity contribution in [1.82, 2.24) is 15.5 Å². The minimum Gasteiger partial charge on any atom is -0.492 e. The van der Waals surface area contributed by atoms with Gasteiger partial charge in [-0.15, -0.1) is 0 Å². The van der Waals surface area contributed by atoms with E-state index in [0.29, 0.717) is 18.4 Å². The Balaban J connectivity index is 1.58. The van der Waals surface area contributed by atoms with Crippen LogP contribution in [0.1, 0.15) is 58.3 Å². The Hall–Kier alpha value is -2.64. The van der Waals surface area contributed by atoms with Crippen LogP contribution in [0.2, 0.25) is 0 Å². The predicted molar refractivity (Wildman–Crippen MR) is 123 cm³/mol. The number of nitrogens with one attached hydrogen (secondary N) is 3. The van der Waals surface area contributed by atoms with Gasteiger partial charge in [0.15, 0.2) is 0 Å². The number of hydrogen-bond acceptors (Lipinski definition) is 4. The Bertz CT molecular complexity index is 645. The summed E-state index contributed by atoms with van der Waals surface area (Å²) in [7, 11) is 0. The number of nitrogens with zero attached hydrogens (tertiary/aromatic N) is 1. The number of carbonyl (C=O) groups excluding carboxylic acids is 1. The van der Waals surface area contributed by atoms with Crippen molar-refractivity contribution < 1.29 is 19.4 Å². The Kier molecular flexibility index (Phi) is 11.4. The molecule has 8 nitrogen and oxygen atoms in total. The Morgan fingerprint density at radius 2 is 1.68 bits per heavy atom. The summed E-state index contributed by atoms with van der Waals surface area (Å²) in [6.45, 7) is 5.05. The van der Waals surface area contributed by atoms with Crippen molar-refractivity contribution >= 4 is 17.8 Å². The van der Waals surface area contributed by atoms with Crippen LogP contribution in [-0.4, -0.2) is 61.0 Å². The second-order valence-corrected chi connectivity index (χ2v) is 8.01. The molecule has 2 rings (SSSR count). The largest absolute Gasteiger partial charge is 0.492 e. The molecule has 0 aliphatic carbocycles. The molecule has 1 aromatic rings. The molecule has 0 atom stereocenters. The van der Waals surface area contributed by atoms with Gasteiger partial charge in [0.25, 0.3) is 0 Å². The zero-order valence-electron chi connectivity index (χ0n) is 18.7. The van der Waals surface area contributed by atoms with Gasteiger partial charge in [-0.3, -0.25) is 0 Å². The van der Waals surface area contributed by atoms with Crippen molar-refractivity contribution in [3.05, 3.63) is 24.3 Å². The van der Waals surface area contributed by atoms with Crippen LogP contribution < -0.4 is 20.7 Å². The Morgan fingerprint density at radius 3 is 2.35 bits per heavy atom.